The fourth-order valence-corrected chi connectivity index (χ4v) is 3.09. The van der Waals surface area contributed by atoms with E-state index >= 15 is 0 Å². The number of nitrogens with zero attached hydrogens (tertiary/aromatic N) is 3. The van der Waals surface area contributed by atoms with Crippen molar-refractivity contribution in [3.8, 4) is 0 Å². The van der Waals surface area contributed by atoms with Gasteiger partial charge in [0.25, 0.3) is 0 Å². The molecule has 2 heterocycles. The Hall–Kier alpha value is -2.59. The summed E-state index contributed by atoms with van der Waals surface area (Å²) in [5.41, 5.74) is 4.42. The van der Waals surface area contributed by atoms with Gasteiger partial charge in [-0.2, -0.15) is 4.98 Å². The fourth-order valence-electron chi connectivity index (χ4n) is 2.96. The molecular weight excluding hydrogens is 320 g/mol. The molecule has 120 valence electrons. The summed E-state index contributed by atoms with van der Waals surface area (Å²) in [5, 5.41) is 4.04. The highest BCUT2D eigenvalue weighted by atomic mass is 35.5. The van der Waals surface area contributed by atoms with E-state index in [1.165, 1.54) is 11.3 Å². The van der Waals surface area contributed by atoms with Crippen LogP contribution in [0.4, 0.5) is 23.1 Å². The molecule has 0 atom stereocenters. The molecule has 0 amide bonds. The standard InChI is InChI=1S/C19H17ClN4/c1-13-12-18(22-16-8-6-15(20)7-9-16)23-19(21-13)24-11-10-14-4-2-3-5-17(14)24/h2-9,12H,10-11H2,1H3,(H,21,22,23). The van der Waals surface area contributed by atoms with Gasteiger partial charge in [0.15, 0.2) is 0 Å². The summed E-state index contributed by atoms with van der Waals surface area (Å²) < 4.78 is 0. The number of nitrogens with one attached hydrogen (secondary N) is 1. The molecular formula is C19H17ClN4. The Balaban J connectivity index is 1.66. The van der Waals surface area contributed by atoms with Gasteiger partial charge < -0.3 is 10.2 Å². The van der Waals surface area contributed by atoms with Gasteiger partial charge >= 0.3 is 0 Å². The van der Waals surface area contributed by atoms with Crippen LogP contribution in [0.1, 0.15) is 11.3 Å². The molecule has 3 aromatic rings. The van der Waals surface area contributed by atoms with Crippen molar-refractivity contribution < 1.29 is 0 Å². The molecule has 0 saturated carbocycles. The van der Waals surface area contributed by atoms with Gasteiger partial charge in [0.1, 0.15) is 5.82 Å². The second-order valence-corrected chi connectivity index (χ2v) is 6.29. The third kappa shape index (κ3) is 2.93. The monoisotopic (exact) mass is 336 g/mol. The van der Waals surface area contributed by atoms with Crippen LogP contribution in [-0.2, 0) is 6.42 Å². The average Bonchev–Trinajstić information content (AvgIpc) is 3.01. The molecule has 0 fully saturated rings. The highest BCUT2D eigenvalue weighted by Crippen LogP contribution is 2.33. The van der Waals surface area contributed by atoms with E-state index in [0.29, 0.717) is 5.02 Å². The Kier molecular flexibility index (Phi) is 3.82. The average molecular weight is 337 g/mol. The normalized spacial score (nSPS) is 13.0. The predicted octanol–water partition coefficient (Wildman–Crippen LogP) is 4.88. The molecule has 5 heteroatoms. The lowest BCUT2D eigenvalue weighted by Crippen LogP contribution is -2.17. The van der Waals surface area contributed by atoms with Gasteiger partial charge in [-0.15, -0.1) is 0 Å². The van der Waals surface area contributed by atoms with Crippen molar-refractivity contribution in [2.24, 2.45) is 0 Å². The van der Waals surface area contributed by atoms with Crippen LogP contribution in [0.2, 0.25) is 5.02 Å². The van der Waals surface area contributed by atoms with Crippen molar-refractivity contribution in [1.29, 1.82) is 0 Å². The number of rotatable bonds is 3. The molecule has 1 aliphatic heterocycles. The maximum atomic E-state index is 5.94. The summed E-state index contributed by atoms with van der Waals surface area (Å²) in [5.74, 6) is 1.51. The molecule has 24 heavy (non-hydrogen) atoms. The van der Waals surface area contributed by atoms with Crippen LogP contribution in [0.25, 0.3) is 0 Å². The minimum Gasteiger partial charge on any atom is -0.340 e. The van der Waals surface area contributed by atoms with Gasteiger partial charge in [-0.1, -0.05) is 29.8 Å². The number of fused-ring (bicyclic) bond motifs is 1. The zero-order chi connectivity index (χ0) is 16.5. The molecule has 0 spiro atoms. The third-order valence-electron chi connectivity index (χ3n) is 4.09. The minimum atomic E-state index is 0.716. The molecule has 1 N–H and O–H groups in total. The van der Waals surface area contributed by atoms with Gasteiger partial charge in [-0.25, -0.2) is 4.98 Å². The molecule has 1 aromatic heterocycles. The molecule has 0 aliphatic carbocycles. The number of anilines is 4. The molecule has 0 radical (unpaired) electrons. The summed E-state index contributed by atoms with van der Waals surface area (Å²) in [6.07, 6.45) is 1.02. The first kappa shape index (κ1) is 15.0. The number of hydrogen-bond donors (Lipinski definition) is 1. The first-order valence-corrected chi connectivity index (χ1v) is 8.30. The van der Waals surface area contributed by atoms with E-state index in [4.69, 9.17) is 16.6 Å². The van der Waals surface area contributed by atoms with E-state index in [1.54, 1.807) is 0 Å². The Bertz CT molecular complexity index is 877. The van der Waals surface area contributed by atoms with Crippen molar-refractivity contribution in [3.63, 3.8) is 0 Å². The quantitative estimate of drug-likeness (QED) is 0.740. The first-order chi connectivity index (χ1) is 11.7. The lowest BCUT2D eigenvalue weighted by molar-refractivity contribution is 0.931. The van der Waals surface area contributed by atoms with Crippen LogP contribution in [0.15, 0.2) is 54.6 Å². The summed E-state index contributed by atoms with van der Waals surface area (Å²) in [4.78, 5) is 11.5. The van der Waals surface area contributed by atoms with Crippen molar-refractivity contribution in [1.82, 2.24) is 9.97 Å². The van der Waals surface area contributed by atoms with Crippen molar-refractivity contribution in [3.05, 3.63) is 70.9 Å². The van der Waals surface area contributed by atoms with Crippen LogP contribution in [0.5, 0.6) is 0 Å². The topological polar surface area (TPSA) is 41.1 Å². The fraction of sp³-hybridized carbons (Fsp3) is 0.158. The summed E-state index contributed by atoms with van der Waals surface area (Å²) >= 11 is 5.94. The Morgan fingerprint density at radius 1 is 1.04 bits per heavy atom. The number of benzene rings is 2. The molecule has 0 bridgehead atoms. The number of aryl methyl sites for hydroxylation is 1. The highest BCUT2D eigenvalue weighted by Gasteiger charge is 2.22. The van der Waals surface area contributed by atoms with Crippen LogP contribution >= 0.6 is 11.6 Å². The van der Waals surface area contributed by atoms with Crippen LogP contribution in [0.3, 0.4) is 0 Å². The zero-order valence-corrected chi connectivity index (χ0v) is 14.1. The number of aromatic nitrogens is 2. The SMILES string of the molecule is Cc1cc(Nc2ccc(Cl)cc2)nc(N2CCc3ccccc32)n1. The van der Waals surface area contributed by atoms with Gasteiger partial charge in [-0.05, 0) is 49.2 Å². The van der Waals surface area contributed by atoms with E-state index < -0.39 is 0 Å². The lowest BCUT2D eigenvalue weighted by atomic mass is 10.2. The van der Waals surface area contributed by atoms with E-state index in [1.807, 2.05) is 37.3 Å². The van der Waals surface area contributed by atoms with E-state index in [-0.39, 0.29) is 0 Å². The Morgan fingerprint density at radius 2 is 1.83 bits per heavy atom. The number of para-hydroxylation sites is 1. The smallest absolute Gasteiger partial charge is 0.232 e. The van der Waals surface area contributed by atoms with E-state index in [0.717, 1.165) is 36.1 Å². The van der Waals surface area contributed by atoms with Crippen LogP contribution in [-0.4, -0.2) is 16.5 Å². The largest absolute Gasteiger partial charge is 0.340 e. The van der Waals surface area contributed by atoms with Crippen molar-refractivity contribution in [2.75, 3.05) is 16.8 Å². The molecule has 1 aliphatic rings. The summed E-state index contributed by atoms with van der Waals surface area (Å²) in [6, 6.07) is 17.9. The number of halogens is 1. The minimum absolute atomic E-state index is 0.716. The van der Waals surface area contributed by atoms with Crippen molar-refractivity contribution in [2.45, 2.75) is 13.3 Å². The molecule has 4 nitrogen and oxygen atoms in total. The van der Waals surface area contributed by atoms with Gasteiger partial charge in [0, 0.05) is 34.7 Å². The zero-order valence-electron chi connectivity index (χ0n) is 13.3. The maximum Gasteiger partial charge on any atom is 0.232 e. The highest BCUT2D eigenvalue weighted by molar-refractivity contribution is 6.30. The second kappa shape index (κ2) is 6.13. The van der Waals surface area contributed by atoms with E-state index in [2.05, 4.69) is 39.5 Å². The summed E-state index contributed by atoms with van der Waals surface area (Å²) in [6.45, 7) is 2.89. The first-order valence-electron chi connectivity index (χ1n) is 7.93. The van der Waals surface area contributed by atoms with Crippen LogP contribution in [0, 0.1) is 6.92 Å². The maximum absolute atomic E-state index is 5.94. The summed E-state index contributed by atoms with van der Waals surface area (Å²) in [7, 11) is 0. The van der Waals surface area contributed by atoms with Gasteiger partial charge in [-0.3, -0.25) is 0 Å². The number of hydrogen-bond acceptors (Lipinski definition) is 4. The Morgan fingerprint density at radius 3 is 2.67 bits per heavy atom. The molecule has 0 unspecified atom stereocenters. The molecule has 4 rings (SSSR count). The predicted molar refractivity (Wildman–Crippen MR) is 98.7 cm³/mol. The third-order valence-corrected chi connectivity index (χ3v) is 4.34. The van der Waals surface area contributed by atoms with Gasteiger partial charge in [0.05, 0.1) is 0 Å². The van der Waals surface area contributed by atoms with Gasteiger partial charge in [0.2, 0.25) is 5.95 Å². The molecule has 2 aromatic carbocycles. The van der Waals surface area contributed by atoms with Crippen LogP contribution < -0.4 is 10.2 Å². The van der Waals surface area contributed by atoms with Crippen molar-refractivity contribution >= 4 is 34.7 Å². The van der Waals surface area contributed by atoms with E-state index in [9.17, 15) is 0 Å². The Labute approximate surface area is 146 Å². The molecule has 0 saturated heterocycles. The second-order valence-electron chi connectivity index (χ2n) is 5.86. The lowest BCUT2D eigenvalue weighted by Gasteiger charge is -2.18.